The Morgan fingerprint density at radius 1 is 1.80 bits per heavy atom. The summed E-state index contributed by atoms with van der Waals surface area (Å²) in [6.07, 6.45) is 1.52. The van der Waals surface area contributed by atoms with Crippen molar-refractivity contribution in [2.24, 2.45) is 4.99 Å². The topological polar surface area (TPSA) is 49.7 Å². The maximum Gasteiger partial charge on any atom is 0.164 e. The predicted octanol–water partition coefficient (Wildman–Crippen LogP) is 0.301. The Morgan fingerprint density at radius 2 is 2.60 bits per heavy atom. The summed E-state index contributed by atoms with van der Waals surface area (Å²) >= 11 is 1.33. The van der Waals surface area contributed by atoms with E-state index in [2.05, 4.69) is 4.99 Å². The molecule has 5 heteroatoms. The molecular weight excluding hydrogens is 170 g/mol. The van der Waals surface area contributed by atoms with Crippen LogP contribution in [-0.4, -0.2) is 26.1 Å². The van der Waals surface area contributed by atoms with Crippen molar-refractivity contribution in [3.63, 3.8) is 0 Å². The molecule has 0 saturated heterocycles. The molecule has 0 spiro atoms. The summed E-state index contributed by atoms with van der Waals surface area (Å²) in [7, 11) is -1.04. The highest BCUT2D eigenvalue weighted by atomic mass is 32.2. The van der Waals surface area contributed by atoms with E-state index in [9.17, 15) is 4.21 Å². The number of aliphatic hydroxyl groups is 1. The summed E-state index contributed by atoms with van der Waals surface area (Å²) in [6, 6.07) is 0. The molecule has 0 aromatic heterocycles. The monoisotopic (exact) mass is 177 g/mol. The van der Waals surface area contributed by atoms with E-state index in [1.54, 1.807) is 0 Å². The van der Waals surface area contributed by atoms with Gasteiger partial charge in [-0.25, -0.2) is 9.20 Å². The normalized spacial score (nSPS) is 23.3. The molecule has 0 radical (unpaired) electrons. The van der Waals surface area contributed by atoms with Crippen LogP contribution in [0, 0.1) is 0 Å². The molecule has 0 amide bonds. The summed E-state index contributed by atoms with van der Waals surface area (Å²) in [5.41, 5.74) is 0. The zero-order valence-electron chi connectivity index (χ0n) is 5.19. The van der Waals surface area contributed by atoms with E-state index in [0.29, 0.717) is 10.1 Å². The number of hydrogen-bond donors (Lipinski definition) is 1. The Bertz CT molecular complexity index is 200. The lowest BCUT2D eigenvalue weighted by molar-refractivity contribution is 0.323. The quantitative estimate of drug-likeness (QED) is 0.660. The van der Waals surface area contributed by atoms with E-state index in [1.807, 2.05) is 0 Å². The van der Waals surface area contributed by atoms with Gasteiger partial charge in [-0.1, -0.05) is 11.8 Å². The zero-order chi connectivity index (χ0) is 7.40. The molecule has 0 fully saturated rings. The fraction of sp³-hybridized carbons (Fsp3) is 0.400. The van der Waals surface area contributed by atoms with E-state index < -0.39 is 10.8 Å². The number of hydrogen-bond acceptors (Lipinski definition) is 4. The van der Waals surface area contributed by atoms with Crippen LogP contribution in [0.1, 0.15) is 0 Å². The molecular formula is C5H7NO2S2. The smallest absolute Gasteiger partial charge is 0.164 e. The first kappa shape index (κ1) is 7.97. The van der Waals surface area contributed by atoms with Gasteiger partial charge in [0.25, 0.3) is 0 Å². The zero-order valence-corrected chi connectivity index (χ0v) is 6.82. The van der Waals surface area contributed by atoms with Crippen LogP contribution in [0.2, 0.25) is 0 Å². The molecule has 3 nitrogen and oxygen atoms in total. The maximum absolute atomic E-state index is 10.9. The minimum Gasteiger partial charge on any atom is -0.396 e. The third-order valence-electron chi connectivity index (χ3n) is 0.853. The van der Waals surface area contributed by atoms with Gasteiger partial charge in [-0.05, 0) is 0 Å². The Morgan fingerprint density at radius 3 is 3.10 bits per heavy atom. The van der Waals surface area contributed by atoms with Gasteiger partial charge >= 0.3 is 0 Å². The van der Waals surface area contributed by atoms with E-state index in [-0.39, 0.29) is 6.61 Å². The van der Waals surface area contributed by atoms with Crippen molar-refractivity contribution < 1.29 is 9.32 Å². The van der Waals surface area contributed by atoms with Gasteiger partial charge in [0.15, 0.2) is 4.38 Å². The van der Waals surface area contributed by atoms with Crippen molar-refractivity contribution in [2.45, 2.75) is 0 Å². The Kier molecular flexibility index (Phi) is 3.11. The van der Waals surface area contributed by atoms with E-state index >= 15 is 0 Å². The van der Waals surface area contributed by atoms with Gasteiger partial charge in [0, 0.05) is 17.4 Å². The van der Waals surface area contributed by atoms with Gasteiger partial charge in [0.05, 0.1) is 6.61 Å². The van der Waals surface area contributed by atoms with Crippen molar-refractivity contribution in [2.75, 3.05) is 12.4 Å². The first-order chi connectivity index (χ1) is 4.84. The standard InChI is InChI=1S/C5H7NO2S2/c7-2-3-9-5-6-1-4-10(5)8/h1,4,7H,2-3H2. The molecule has 1 rings (SSSR count). The fourth-order valence-corrected chi connectivity index (χ4v) is 2.22. The van der Waals surface area contributed by atoms with Crippen LogP contribution in [0.5, 0.6) is 0 Å². The van der Waals surface area contributed by atoms with Gasteiger partial charge in [-0.3, -0.25) is 0 Å². The molecule has 1 aliphatic heterocycles. The average Bonchev–Trinajstić information content (AvgIpc) is 2.31. The molecule has 10 heavy (non-hydrogen) atoms. The number of rotatable bonds is 2. The van der Waals surface area contributed by atoms with Gasteiger partial charge in [0.2, 0.25) is 0 Å². The van der Waals surface area contributed by atoms with Gasteiger partial charge in [-0.2, -0.15) is 0 Å². The summed E-state index contributed by atoms with van der Waals surface area (Å²) in [4.78, 5) is 3.84. The second kappa shape index (κ2) is 3.90. The van der Waals surface area contributed by atoms with Crippen LogP contribution >= 0.6 is 11.8 Å². The highest BCUT2D eigenvalue weighted by Crippen LogP contribution is 2.13. The number of nitrogens with zero attached hydrogens (tertiary/aromatic N) is 1. The Balaban J connectivity index is 2.37. The van der Waals surface area contributed by atoms with Crippen LogP contribution in [0.15, 0.2) is 16.6 Å². The molecule has 0 saturated carbocycles. The van der Waals surface area contributed by atoms with E-state index in [4.69, 9.17) is 5.11 Å². The summed E-state index contributed by atoms with van der Waals surface area (Å²) < 4.78 is 11.5. The average molecular weight is 177 g/mol. The fourth-order valence-electron chi connectivity index (χ4n) is 0.485. The first-order valence-corrected chi connectivity index (χ1v) is 4.93. The second-order valence-electron chi connectivity index (χ2n) is 1.55. The molecule has 0 aromatic carbocycles. The van der Waals surface area contributed by atoms with Crippen molar-refractivity contribution in [3.05, 3.63) is 11.6 Å². The van der Waals surface area contributed by atoms with Gasteiger partial charge in [-0.15, -0.1) is 0 Å². The number of aliphatic imine (C=N–C) groups is 1. The maximum atomic E-state index is 10.9. The minimum atomic E-state index is -1.04. The van der Waals surface area contributed by atoms with Gasteiger partial charge < -0.3 is 5.11 Å². The summed E-state index contributed by atoms with van der Waals surface area (Å²) in [5.74, 6) is 0.562. The lowest BCUT2D eigenvalue weighted by Gasteiger charge is -1.94. The first-order valence-electron chi connectivity index (χ1n) is 2.73. The third-order valence-corrected chi connectivity index (χ3v) is 3.26. The summed E-state index contributed by atoms with van der Waals surface area (Å²) in [6.45, 7) is 0.0981. The number of thioether (sulfide) groups is 1. The van der Waals surface area contributed by atoms with Gasteiger partial charge in [0.1, 0.15) is 10.8 Å². The molecule has 1 unspecified atom stereocenters. The largest absolute Gasteiger partial charge is 0.396 e. The number of aliphatic hydroxyl groups excluding tert-OH is 1. The highest BCUT2D eigenvalue weighted by molar-refractivity contribution is 8.34. The Labute approximate surface area is 65.7 Å². The van der Waals surface area contributed by atoms with Crippen molar-refractivity contribution in [1.82, 2.24) is 0 Å². The van der Waals surface area contributed by atoms with Crippen molar-refractivity contribution in [1.29, 1.82) is 0 Å². The minimum absolute atomic E-state index is 0.0981. The third kappa shape index (κ3) is 1.93. The molecule has 56 valence electrons. The molecule has 1 atom stereocenters. The molecule has 1 heterocycles. The van der Waals surface area contributed by atoms with Crippen molar-refractivity contribution >= 4 is 26.9 Å². The highest BCUT2D eigenvalue weighted by Gasteiger charge is 2.09. The van der Waals surface area contributed by atoms with E-state index in [1.165, 1.54) is 23.4 Å². The molecule has 0 aliphatic carbocycles. The lowest BCUT2D eigenvalue weighted by Crippen LogP contribution is -1.98. The lowest BCUT2D eigenvalue weighted by atomic mass is 10.9. The second-order valence-corrected chi connectivity index (χ2v) is 4.15. The predicted molar refractivity (Wildman–Crippen MR) is 44.3 cm³/mol. The SMILES string of the molecule is O=S1C=CN=C1SCCO. The van der Waals surface area contributed by atoms with Crippen LogP contribution in [0.4, 0.5) is 0 Å². The van der Waals surface area contributed by atoms with Crippen LogP contribution in [-0.2, 0) is 10.8 Å². The van der Waals surface area contributed by atoms with Crippen LogP contribution in [0.3, 0.4) is 0 Å². The van der Waals surface area contributed by atoms with E-state index in [0.717, 1.165) is 0 Å². The molecule has 1 aliphatic rings. The van der Waals surface area contributed by atoms with Crippen LogP contribution in [0.25, 0.3) is 0 Å². The Hall–Kier alpha value is -0.130. The summed E-state index contributed by atoms with van der Waals surface area (Å²) in [5, 5.41) is 9.95. The van der Waals surface area contributed by atoms with Crippen LogP contribution < -0.4 is 0 Å². The molecule has 0 bridgehead atoms. The molecule has 1 N–H and O–H groups in total. The van der Waals surface area contributed by atoms with Crippen molar-refractivity contribution in [3.8, 4) is 0 Å². The molecule has 0 aromatic rings.